The molecule has 1 heterocycles. The quantitative estimate of drug-likeness (QED) is 0.573. The van der Waals surface area contributed by atoms with Crippen molar-refractivity contribution in [2.75, 3.05) is 25.2 Å². The van der Waals surface area contributed by atoms with E-state index in [-0.39, 0.29) is 22.2 Å². The van der Waals surface area contributed by atoms with Gasteiger partial charge in [-0.05, 0) is 51.6 Å². The molecule has 164 valence electrons. The van der Waals surface area contributed by atoms with Crippen molar-refractivity contribution in [1.82, 2.24) is 9.88 Å². The summed E-state index contributed by atoms with van der Waals surface area (Å²) in [6.07, 6.45) is 1.83. The minimum absolute atomic E-state index is 0.0414. The van der Waals surface area contributed by atoms with Gasteiger partial charge in [-0.3, -0.25) is 14.5 Å². The number of hydrogen-bond donors (Lipinski definition) is 2. The maximum absolute atomic E-state index is 12.2. The molecule has 0 saturated heterocycles. The molecule has 2 N–H and O–H groups in total. The number of amides is 1. The number of hydrogen-bond acceptors (Lipinski definition) is 7. The number of thiazole rings is 1. The minimum Gasteiger partial charge on any atom is -0.480 e. The number of likely N-dealkylation sites (N-methyl/N-ethyl adjacent to an activating group) is 1. The lowest BCUT2D eigenvalue weighted by molar-refractivity contribution is -0.142. The van der Waals surface area contributed by atoms with Gasteiger partial charge in [0.05, 0.1) is 20.5 Å². The summed E-state index contributed by atoms with van der Waals surface area (Å²) in [6, 6.07) is 4.12. The van der Waals surface area contributed by atoms with Gasteiger partial charge >= 0.3 is 5.97 Å². The monoisotopic (exact) mass is 473 g/mol. The van der Waals surface area contributed by atoms with Gasteiger partial charge in [0.15, 0.2) is 15.0 Å². The topological polar surface area (TPSA) is 117 Å². The molecule has 0 saturated carbocycles. The molecule has 11 heteroatoms. The highest BCUT2D eigenvalue weighted by Gasteiger charge is 2.18. The lowest BCUT2D eigenvalue weighted by Crippen LogP contribution is -2.36. The number of nitrogens with one attached hydrogen (secondary N) is 1. The van der Waals surface area contributed by atoms with E-state index in [1.54, 1.807) is 31.9 Å². The van der Waals surface area contributed by atoms with Crippen molar-refractivity contribution in [1.29, 1.82) is 0 Å². The Kier molecular flexibility index (Phi) is 7.98. The first-order chi connectivity index (χ1) is 13.9. The SMILES string of the molecule is Cc1nc(NC(=O)CCCN(C)[C@@H](C)C(=O)O)sc1-c1ccc(Cl)c(S(C)(=O)=O)c1. The molecule has 0 aliphatic rings. The number of carboxylic acid groups (broad SMARTS) is 1. The first-order valence-electron chi connectivity index (χ1n) is 9.10. The number of halogens is 1. The molecule has 0 radical (unpaired) electrons. The van der Waals surface area contributed by atoms with Crippen LogP contribution in [0.3, 0.4) is 0 Å². The highest BCUT2D eigenvalue weighted by Crippen LogP contribution is 2.35. The number of aliphatic carboxylic acids is 1. The second-order valence-corrected chi connectivity index (χ2v) is 10.4. The van der Waals surface area contributed by atoms with Crippen molar-refractivity contribution in [2.45, 2.75) is 37.6 Å². The summed E-state index contributed by atoms with van der Waals surface area (Å²) in [7, 11) is -1.78. The fourth-order valence-electron chi connectivity index (χ4n) is 2.70. The third-order valence-corrected chi connectivity index (χ3v) is 7.27. The predicted octanol–water partition coefficient (Wildman–Crippen LogP) is 3.30. The van der Waals surface area contributed by atoms with E-state index in [1.165, 1.54) is 23.5 Å². The van der Waals surface area contributed by atoms with Crippen LogP contribution in [0.1, 0.15) is 25.5 Å². The zero-order chi connectivity index (χ0) is 22.6. The summed E-state index contributed by atoms with van der Waals surface area (Å²) in [5.41, 5.74) is 1.31. The molecular formula is C19H24ClN3O5S2. The van der Waals surface area contributed by atoms with Crippen LogP contribution in [0.15, 0.2) is 23.1 Å². The average molecular weight is 474 g/mol. The molecule has 0 unspecified atom stereocenters. The normalized spacial score (nSPS) is 12.7. The molecule has 1 aromatic heterocycles. The van der Waals surface area contributed by atoms with Gasteiger partial charge < -0.3 is 10.4 Å². The first kappa shape index (κ1) is 24.3. The van der Waals surface area contributed by atoms with Crippen LogP contribution in [0.2, 0.25) is 5.02 Å². The van der Waals surface area contributed by atoms with Gasteiger partial charge in [-0.25, -0.2) is 13.4 Å². The Labute approximate surface area is 184 Å². The van der Waals surface area contributed by atoms with Crippen LogP contribution in [0.4, 0.5) is 5.13 Å². The number of aryl methyl sites for hydroxylation is 1. The van der Waals surface area contributed by atoms with Gasteiger partial charge in [0, 0.05) is 12.7 Å². The molecule has 0 bridgehead atoms. The van der Waals surface area contributed by atoms with Crippen molar-refractivity contribution < 1.29 is 23.1 Å². The zero-order valence-electron chi connectivity index (χ0n) is 17.1. The Morgan fingerprint density at radius 1 is 1.37 bits per heavy atom. The van der Waals surface area contributed by atoms with Gasteiger partial charge in [-0.1, -0.05) is 29.0 Å². The third-order valence-electron chi connectivity index (χ3n) is 4.57. The molecule has 8 nitrogen and oxygen atoms in total. The third kappa shape index (κ3) is 6.24. The number of benzene rings is 1. The van der Waals surface area contributed by atoms with Crippen molar-refractivity contribution in [3.05, 3.63) is 28.9 Å². The standard InChI is InChI=1S/C19H24ClN3O5S2/c1-11-17(13-7-8-14(20)15(10-13)30(4,27)28)29-19(21-11)22-16(24)6-5-9-23(3)12(2)18(25)26/h7-8,10,12H,5-6,9H2,1-4H3,(H,25,26)(H,21,22,24)/t12-/m0/s1. The number of nitrogens with zero attached hydrogens (tertiary/aromatic N) is 2. The number of carboxylic acids is 1. The molecule has 2 rings (SSSR count). The van der Waals surface area contributed by atoms with Crippen LogP contribution in [0, 0.1) is 6.92 Å². The van der Waals surface area contributed by atoms with E-state index in [1.807, 2.05) is 0 Å². The van der Waals surface area contributed by atoms with E-state index >= 15 is 0 Å². The first-order valence-corrected chi connectivity index (χ1v) is 12.2. The summed E-state index contributed by atoms with van der Waals surface area (Å²) in [5.74, 6) is -1.13. The van der Waals surface area contributed by atoms with E-state index in [4.69, 9.17) is 16.7 Å². The van der Waals surface area contributed by atoms with E-state index in [9.17, 15) is 18.0 Å². The van der Waals surface area contributed by atoms with Crippen LogP contribution in [0.25, 0.3) is 10.4 Å². The Morgan fingerprint density at radius 3 is 2.63 bits per heavy atom. The number of rotatable bonds is 9. The van der Waals surface area contributed by atoms with Crippen LogP contribution in [-0.2, 0) is 19.4 Å². The van der Waals surface area contributed by atoms with Gasteiger partial charge in [-0.2, -0.15) is 0 Å². The number of carbonyl (C=O) groups excluding carboxylic acids is 1. The van der Waals surface area contributed by atoms with Gasteiger partial charge in [-0.15, -0.1) is 0 Å². The van der Waals surface area contributed by atoms with Crippen molar-refractivity contribution in [2.24, 2.45) is 0 Å². The fraction of sp³-hybridized carbons (Fsp3) is 0.421. The highest BCUT2D eigenvalue weighted by molar-refractivity contribution is 7.90. The number of anilines is 1. The molecule has 1 atom stereocenters. The summed E-state index contributed by atoms with van der Waals surface area (Å²) < 4.78 is 23.8. The Balaban J connectivity index is 2.05. The molecule has 0 aliphatic carbocycles. The number of carbonyl (C=O) groups is 2. The largest absolute Gasteiger partial charge is 0.480 e. The molecule has 1 aromatic carbocycles. The highest BCUT2D eigenvalue weighted by atomic mass is 35.5. The van der Waals surface area contributed by atoms with E-state index in [0.717, 1.165) is 11.1 Å². The minimum atomic E-state index is -3.48. The number of sulfone groups is 1. The van der Waals surface area contributed by atoms with Crippen molar-refractivity contribution in [3.63, 3.8) is 0 Å². The summed E-state index contributed by atoms with van der Waals surface area (Å²) in [5, 5.41) is 12.3. The molecule has 0 spiro atoms. The maximum atomic E-state index is 12.2. The molecular weight excluding hydrogens is 450 g/mol. The molecule has 2 aromatic rings. The van der Waals surface area contributed by atoms with Gasteiger partial charge in [0.25, 0.3) is 0 Å². The molecule has 30 heavy (non-hydrogen) atoms. The van der Waals surface area contributed by atoms with Crippen molar-refractivity contribution in [3.8, 4) is 10.4 Å². The number of aromatic nitrogens is 1. The van der Waals surface area contributed by atoms with Crippen LogP contribution >= 0.6 is 22.9 Å². The van der Waals surface area contributed by atoms with E-state index in [2.05, 4.69) is 10.3 Å². The van der Waals surface area contributed by atoms with E-state index in [0.29, 0.717) is 29.4 Å². The fourth-order valence-corrected chi connectivity index (χ4v) is 4.98. The van der Waals surface area contributed by atoms with Gasteiger partial charge in [0.1, 0.15) is 6.04 Å². The van der Waals surface area contributed by atoms with E-state index < -0.39 is 21.8 Å². The van der Waals surface area contributed by atoms with Crippen LogP contribution in [0.5, 0.6) is 0 Å². The van der Waals surface area contributed by atoms with Crippen LogP contribution in [-0.4, -0.2) is 61.2 Å². The average Bonchev–Trinajstić information content (AvgIpc) is 3.00. The Hall–Kier alpha value is -2.01. The molecule has 0 aliphatic heterocycles. The smallest absolute Gasteiger partial charge is 0.320 e. The second-order valence-electron chi connectivity index (χ2n) is 7.00. The van der Waals surface area contributed by atoms with Gasteiger partial charge in [0.2, 0.25) is 5.91 Å². The summed E-state index contributed by atoms with van der Waals surface area (Å²) in [4.78, 5) is 30.0. The van der Waals surface area contributed by atoms with Crippen LogP contribution < -0.4 is 5.32 Å². The van der Waals surface area contributed by atoms with Crippen molar-refractivity contribution >= 4 is 49.8 Å². The lowest BCUT2D eigenvalue weighted by Gasteiger charge is -2.20. The maximum Gasteiger partial charge on any atom is 0.320 e. The lowest BCUT2D eigenvalue weighted by atomic mass is 10.2. The Morgan fingerprint density at radius 2 is 2.03 bits per heavy atom. The summed E-state index contributed by atoms with van der Waals surface area (Å²) in [6.45, 7) is 3.84. The second kappa shape index (κ2) is 9.86. The predicted molar refractivity (Wildman–Crippen MR) is 118 cm³/mol. The molecule has 0 fully saturated rings. The summed E-state index contributed by atoms with van der Waals surface area (Å²) >= 11 is 7.25. The Bertz CT molecular complexity index is 1050. The molecule has 1 amide bonds. The zero-order valence-corrected chi connectivity index (χ0v) is 19.5.